The van der Waals surface area contributed by atoms with Gasteiger partial charge in [-0.1, -0.05) is 48.5 Å². The van der Waals surface area contributed by atoms with Crippen molar-refractivity contribution in [1.29, 1.82) is 0 Å². The number of methoxy groups -OCH3 is 1. The number of benzene rings is 3. The van der Waals surface area contributed by atoms with Crippen molar-refractivity contribution < 1.29 is 23.9 Å². The van der Waals surface area contributed by atoms with Gasteiger partial charge in [-0.2, -0.15) is 0 Å². The first-order chi connectivity index (χ1) is 16.4. The van der Waals surface area contributed by atoms with Gasteiger partial charge in [0.2, 0.25) is 5.91 Å². The molecular weight excluding hydrogens is 547 g/mol. The molecular formula is C26H23IN2O5. The average Bonchev–Trinajstić information content (AvgIpc) is 3.17. The van der Waals surface area contributed by atoms with Crippen LogP contribution in [0.15, 0.2) is 66.7 Å². The fraction of sp³-hybridized carbons (Fsp3) is 0.192. The second-order valence-corrected chi connectivity index (χ2v) is 9.03. The van der Waals surface area contributed by atoms with Crippen LogP contribution in [-0.2, 0) is 14.3 Å². The standard InChI is InChI=1S/C26H23IN2O5/c1-15(24(30)29-16-11-12-23(27)21(13-16)25(31)33-2)28-26(32)34-14-22-19-9-5-3-7-17(19)18-8-4-6-10-20(18)22/h3-13,15,22H,14H2,1-2H3,(H,28,32)(H,29,30)/t15-/m0/s1. The van der Waals surface area contributed by atoms with Crippen LogP contribution < -0.4 is 10.6 Å². The minimum absolute atomic E-state index is 0.0641. The molecule has 0 aliphatic heterocycles. The van der Waals surface area contributed by atoms with Gasteiger partial charge >= 0.3 is 12.1 Å². The highest BCUT2D eigenvalue weighted by Crippen LogP contribution is 2.44. The molecule has 34 heavy (non-hydrogen) atoms. The lowest BCUT2D eigenvalue weighted by Gasteiger charge is -2.17. The Morgan fingerprint density at radius 3 is 2.21 bits per heavy atom. The summed E-state index contributed by atoms with van der Waals surface area (Å²) >= 11 is 2.02. The number of alkyl carbamates (subject to hydrolysis) is 1. The zero-order valence-corrected chi connectivity index (χ0v) is 20.8. The molecule has 0 bridgehead atoms. The molecule has 1 aliphatic rings. The highest BCUT2D eigenvalue weighted by atomic mass is 127. The monoisotopic (exact) mass is 570 g/mol. The number of fused-ring (bicyclic) bond motifs is 3. The Balaban J connectivity index is 1.36. The Morgan fingerprint density at radius 1 is 0.971 bits per heavy atom. The second-order valence-electron chi connectivity index (χ2n) is 7.87. The molecule has 0 saturated carbocycles. The van der Waals surface area contributed by atoms with Gasteiger partial charge in [0, 0.05) is 15.2 Å². The first-order valence-corrected chi connectivity index (χ1v) is 11.8. The van der Waals surface area contributed by atoms with Crippen LogP contribution in [0.5, 0.6) is 0 Å². The van der Waals surface area contributed by atoms with Gasteiger partial charge < -0.3 is 20.1 Å². The summed E-state index contributed by atoms with van der Waals surface area (Å²) in [6.45, 7) is 1.72. The molecule has 0 aromatic heterocycles. The van der Waals surface area contributed by atoms with E-state index in [1.54, 1.807) is 19.1 Å². The van der Waals surface area contributed by atoms with E-state index < -0.39 is 24.0 Å². The van der Waals surface area contributed by atoms with Crippen molar-refractivity contribution >= 4 is 46.2 Å². The van der Waals surface area contributed by atoms with E-state index in [2.05, 4.69) is 22.8 Å². The minimum atomic E-state index is -0.850. The van der Waals surface area contributed by atoms with Gasteiger partial charge in [-0.05, 0) is 70.0 Å². The van der Waals surface area contributed by atoms with Crippen molar-refractivity contribution in [2.24, 2.45) is 0 Å². The summed E-state index contributed by atoms with van der Waals surface area (Å²) in [5.74, 6) is -0.998. The number of carbonyl (C=O) groups excluding carboxylic acids is 3. The third-order valence-corrected chi connectivity index (χ3v) is 6.65. The van der Waals surface area contributed by atoms with E-state index in [0.717, 1.165) is 22.3 Å². The van der Waals surface area contributed by atoms with Crippen molar-refractivity contribution in [3.63, 3.8) is 0 Å². The quantitative estimate of drug-likeness (QED) is 0.324. The number of amides is 2. The highest BCUT2D eigenvalue weighted by molar-refractivity contribution is 14.1. The molecule has 0 saturated heterocycles. The maximum absolute atomic E-state index is 12.6. The van der Waals surface area contributed by atoms with Crippen molar-refractivity contribution in [2.45, 2.75) is 18.9 Å². The Morgan fingerprint density at radius 2 is 1.59 bits per heavy atom. The number of carbonyl (C=O) groups is 3. The lowest BCUT2D eigenvalue weighted by atomic mass is 9.98. The maximum Gasteiger partial charge on any atom is 0.407 e. The number of ether oxygens (including phenoxy) is 2. The molecule has 0 fully saturated rings. The van der Waals surface area contributed by atoms with Crippen LogP contribution in [0.1, 0.15) is 34.3 Å². The van der Waals surface area contributed by atoms with Gasteiger partial charge in [-0.3, -0.25) is 4.79 Å². The lowest BCUT2D eigenvalue weighted by Crippen LogP contribution is -2.42. The van der Waals surface area contributed by atoms with Crippen LogP contribution in [0.3, 0.4) is 0 Å². The number of hydrogen-bond acceptors (Lipinski definition) is 5. The largest absolute Gasteiger partial charge is 0.465 e. The first kappa shape index (κ1) is 23.7. The predicted octanol–water partition coefficient (Wildman–Crippen LogP) is 4.94. The fourth-order valence-electron chi connectivity index (χ4n) is 4.00. The molecule has 4 rings (SSSR count). The third kappa shape index (κ3) is 4.91. The number of rotatable bonds is 6. The molecule has 1 atom stereocenters. The normalized spacial score (nSPS) is 12.8. The number of nitrogens with one attached hydrogen (secondary N) is 2. The van der Waals surface area contributed by atoms with Crippen LogP contribution in [-0.4, -0.2) is 37.7 Å². The van der Waals surface area contributed by atoms with E-state index in [0.29, 0.717) is 14.8 Å². The van der Waals surface area contributed by atoms with E-state index >= 15 is 0 Å². The molecule has 8 heteroatoms. The molecule has 0 spiro atoms. The third-order valence-electron chi connectivity index (χ3n) is 5.71. The second kappa shape index (κ2) is 10.3. The van der Waals surface area contributed by atoms with E-state index in [4.69, 9.17) is 9.47 Å². The van der Waals surface area contributed by atoms with Crippen molar-refractivity contribution in [2.75, 3.05) is 19.0 Å². The summed E-state index contributed by atoms with van der Waals surface area (Å²) in [4.78, 5) is 36.9. The molecule has 0 radical (unpaired) electrons. The van der Waals surface area contributed by atoms with Gasteiger partial charge in [0.1, 0.15) is 12.6 Å². The number of anilines is 1. The molecule has 2 amide bonds. The van der Waals surface area contributed by atoms with E-state index in [1.165, 1.54) is 13.2 Å². The zero-order chi connectivity index (χ0) is 24.2. The Bertz CT molecular complexity index is 1210. The maximum atomic E-state index is 12.6. The average molecular weight is 570 g/mol. The van der Waals surface area contributed by atoms with Gasteiger partial charge in [0.25, 0.3) is 0 Å². The molecule has 3 aromatic rings. The summed E-state index contributed by atoms with van der Waals surface area (Å²) < 4.78 is 11.0. The number of esters is 1. The van der Waals surface area contributed by atoms with Gasteiger partial charge in [-0.25, -0.2) is 9.59 Å². The molecule has 7 nitrogen and oxygen atoms in total. The van der Waals surface area contributed by atoms with Crippen molar-refractivity contribution in [1.82, 2.24) is 5.32 Å². The highest BCUT2D eigenvalue weighted by Gasteiger charge is 2.29. The molecule has 0 unspecified atom stereocenters. The summed E-state index contributed by atoms with van der Waals surface area (Å²) in [6, 6.07) is 20.2. The Kier molecular flexibility index (Phi) is 7.16. The molecule has 2 N–H and O–H groups in total. The summed E-state index contributed by atoms with van der Waals surface area (Å²) in [5.41, 5.74) is 5.28. The number of hydrogen-bond donors (Lipinski definition) is 2. The SMILES string of the molecule is COC(=O)c1cc(NC(=O)[C@H](C)NC(=O)OCC2c3ccccc3-c3ccccc32)ccc1I. The topological polar surface area (TPSA) is 93.7 Å². The van der Waals surface area contributed by atoms with E-state index in [9.17, 15) is 14.4 Å². The lowest BCUT2D eigenvalue weighted by molar-refractivity contribution is -0.117. The summed E-state index contributed by atoms with van der Waals surface area (Å²) in [7, 11) is 1.30. The van der Waals surface area contributed by atoms with Crippen LogP contribution in [0.4, 0.5) is 10.5 Å². The minimum Gasteiger partial charge on any atom is -0.465 e. The van der Waals surface area contributed by atoms with Crippen LogP contribution in [0, 0.1) is 3.57 Å². The summed E-state index contributed by atoms with van der Waals surface area (Å²) in [5, 5.41) is 5.26. The predicted molar refractivity (Wildman–Crippen MR) is 137 cm³/mol. The molecule has 174 valence electrons. The van der Waals surface area contributed by atoms with Crippen LogP contribution in [0.25, 0.3) is 11.1 Å². The van der Waals surface area contributed by atoms with Gasteiger partial charge in [-0.15, -0.1) is 0 Å². The zero-order valence-electron chi connectivity index (χ0n) is 18.6. The van der Waals surface area contributed by atoms with Crippen molar-refractivity contribution in [3.8, 4) is 11.1 Å². The van der Waals surface area contributed by atoms with Crippen molar-refractivity contribution in [3.05, 3.63) is 87.0 Å². The fourth-order valence-corrected chi connectivity index (χ4v) is 4.56. The Labute approximate surface area is 211 Å². The van der Waals surface area contributed by atoms with E-state index in [-0.39, 0.29) is 12.5 Å². The molecule has 3 aromatic carbocycles. The smallest absolute Gasteiger partial charge is 0.407 e. The first-order valence-electron chi connectivity index (χ1n) is 10.7. The van der Waals surface area contributed by atoms with Gasteiger partial charge in [0.05, 0.1) is 12.7 Å². The Hall–Kier alpha value is -3.40. The molecule has 1 aliphatic carbocycles. The van der Waals surface area contributed by atoms with Crippen LogP contribution in [0.2, 0.25) is 0 Å². The van der Waals surface area contributed by atoms with E-state index in [1.807, 2.05) is 59.0 Å². The van der Waals surface area contributed by atoms with Crippen LogP contribution >= 0.6 is 22.6 Å². The molecule has 0 heterocycles. The van der Waals surface area contributed by atoms with Gasteiger partial charge in [0.15, 0.2) is 0 Å². The summed E-state index contributed by atoms with van der Waals surface area (Å²) in [6.07, 6.45) is -0.678. The number of halogens is 1.